The van der Waals surface area contributed by atoms with Gasteiger partial charge in [-0.2, -0.15) is 0 Å². The van der Waals surface area contributed by atoms with Crippen LogP contribution in [0.15, 0.2) is 16.3 Å². The minimum Gasteiger partial charge on any atom is -0.326 e. The van der Waals surface area contributed by atoms with Gasteiger partial charge in [0.25, 0.3) is 0 Å². The largest absolute Gasteiger partial charge is 0.326 e. The highest BCUT2D eigenvalue weighted by Crippen LogP contribution is 2.21. The highest BCUT2D eigenvalue weighted by Gasteiger charge is 2.18. The molecule has 104 valence electrons. The highest BCUT2D eigenvalue weighted by molar-refractivity contribution is 7.89. The first-order chi connectivity index (χ1) is 8.47. The summed E-state index contributed by atoms with van der Waals surface area (Å²) < 4.78 is 26.7. The fourth-order valence-electron chi connectivity index (χ4n) is 1.68. The third-order valence-electron chi connectivity index (χ3n) is 2.68. The lowest BCUT2D eigenvalue weighted by Crippen LogP contribution is -2.25. The Balaban J connectivity index is 2.46. The van der Waals surface area contributed by atoms with E-state index in [4.69, 9.17) is 5.73 Å². The van der Waals surface area contributed by atoms with Crippen LogP contribution in [-0.4, -0.2) is 15.0 Å². The summed E-state index contributed by atoms with van der Waals surface area (Å²) in [5.74, 6) is 0.669. The molecular weight excluding hydrogens is 268 g/mol. The van der Waals surface area contributed by atoms with Gasteiger partial charge in [0.05, 0.1) is 4.90 Å². The van der Waals surface area contributed by atoms with Crippen molar-refractivity contribution < 1.29 is 8.42 Å². The molecule has 1 aromatic rings. The molecule has 0 unspecified atom stereocenters. The first kappa shape index (κ1) is 15.6. The summed E-state index contributed by atoms with van der Waals surface area (Å²) in [5.41, 5.74) is 5.52. The van der Waals surface area contributed by atoms with E-state index in [0.717, 1.165) is 19.3 Å². The van der Waals surface area contributed by atoms with E-state index in [1.807, 2.05) is 0 Å². The van der Waals surface area contributed by atoms with Gasteiger partial charge in [0, 0.05) is 18.0 Å². The zero-order valence-electron chi connectivity index (χ0n) is 11.0. The molecule has 0 spiro atoms. The predicted molar refractivity (Wildman–Crippen MR) is 76.1 cm³/mol. The highest BCUT2D eigenvalue weighted by atomic mass is 32.2. The maximum absolute atomic E-state index is 12.0. The third-order valence-corrected chi connectivity index (χ3v) is 5.30. The van der Waals surface area contributed by atoms with Crippen molar-refractivity contribution in [2.75, 3.05) is 6.54 Å². The fourth-order valence-corrected chi connectivity index (χ4v) is 4.09. The van der Waals surface area contributed by atoms with Gasteiger partial charge in [0.2, 0.25) is 10.0 Å². The number of unbranched alkanes of at least 4 members (excludes halogenated alkanes) is 1. The van der Waals surface area contributed by atoms with Crippen LogP contribution in [0.1, 0.15) is 38.0 Å². The summed E-state index contributed by atoms with van der Waals surface area (Å²) in [6.45, 7) is 5.10. The van der Waals surface area contributed by atoms with Crippen molar-refractivity contribution >= 4 is 21.4 Å². The maximum Gasteiger partial charge on any atom is 0.241 e. The van der Waals surface area contributed by atoms with Crippen LogP contribution in [0.2, 0.25) is 0 Å². The summed E-state index contributed by atoms with van der Waals surface area (Å²) in [6.07, 6.45) is 3.06. The van der Waals surface area contributed by atoms with Crippen LogP contribution in [0.4, 0.5) is 0 Å². The zero-order chi connectivity index (χ0) is 13.6. The van der Waals surface area contributed by atoms with Gasteiger partial charge < -0.3 is 5.73 Å². The Labute approximate surface area is 114 Å². The second-order valence-corrected chi connectivity index (χ2v) is 7.44. The molecule has 6 heteroatoms. The van der Waals surface area contributed by atoms with Crippen LogP contribution in [0.5, 0.6) is 0 Å². The van der Waals surface area contributed by atoms with Crippen LogP contribution >= 0.6 is 11.3 Å². The molecule has 0 aliphatic heterocycles. The van der Waals surface area contributed by atoms with Gasteiger partial charge in [-0.15, -0.1) is 11.3 Å². The first-order valence-corrected chi connectivity index (χ1v) is 8.59. The van der Waals surface area contributed by atoms with Crippen LogP contribution in [-0.2, 0) is 16.6 Å². The number of hydrogen-bond donors (Lipinski definition) is 2. The van der Waals surface area contributed by atoms with E-state index in [9.17, 15) is 8.42 Å². The molecule has 4 nitrogen and oxygen atoms in total. The Kier molecular flexibility index (Phi) is 6.28. The SMILES string of the molecule is CC(C)CCCCNS(=O)(=O)c1ccsc1CN. The number of sulfonamides is 1. The molecule has 1 heterocycles. The van der Waals surface area contributed by atoms with E-state index in [2.05, 4.69) is 18.6 Å². The second-order valence-electron chi connectivity index (χ2n) is 4.70. The van der Waals surface area contributed by atoms with Gasteiger partial charge in [-0.3, -0.25) is 0 Å². The average Bonchev–Trinajstić information content (AvgIpc) is 2.76. The van der Waals surface area contributed by atoms with Crippen molar-refractivity contribution in [3.63, 3.8) is 0 Å². The van der Waals surface area contributed by atoms with E-state index in [0.29, 0.717) is 22.2 Å². The Morgan fingerprint density at radius 2 is 2.11 bits per heavy atom. The van der Waals surface area contributed by atoms with Gasteiger partial charge in [-0.05, 0) is 23.8 Å². The predicted octanol–water partition coefficient (Wildman–Crippen LogP) is 2.31. The molecule has 0 bridgehead atoms. The molecule has 0 fully saturated rings. The third kappa shape index (κ3) is 4.68. The molecular formula is C12H22N2O2S2. The normalized spacial score (nSPS) is 12.2. The zero-order valence-corrected chi connectivity index (χ0v) is 12.6. The maximum atomic E-state index is 12.0. The van der Waals surface area contributed by atoms with E-state index in [1.54, 1.807) is 11.4 Å². The van der Waals surface area contributed by atoms with Crippen LogP contribution in [0, 0.1) is 5.92 Å². The van der Waals surface area contributed by atoms with E-state index in [1.165, 1.54) is 11.3 Å². The minimum absolute atomic E-state index is 0.265. The lowest BCUT2D eigenvalue weighted by atomic mass is 10.1. The molecule has 0 atom stereocenters. The van der Waals surface area contributed by atoms with E-state index < -0.39 is 10.0 Å². The van der Waals surface area contributed by atoms with E-state index >= 15 is 0 Å². The Morgan fingerprint density at radius 1 is 1.39 bits per heavy atom. The van der Waals surface area contributed by atoms with Crippen molar-refractivity contribution in [2.24, 2.45) is 11.7 Å². The van der Waals surface area contributed by atoms with Crippen LogP contribution in [0.25, 0.3) is 0 Å². The van der Waals surface area contributed by atoms with Crippen molar-refractivity contribution in [2.45, 2.75) is 44.6 Å². The minimum atomic E-state index is -3.38. The van der Waals surface area contributed by atoms with Crippen molar-refractivity contribution in [3.8, 4) is 0 Å². The monoisotopic (exact) mass is 290 g/mol. The molecule has 3 N–H and O–H groups in total. The molecule has 0 saturated heterocycles. The number of rotatable bonds is 8. The molecule has 1 aromatic heterocycles. The van der Waals surface area contributed by atoms with Gasteiger partial charge in [-0.25, -0.2) is 13.1 Å². The smallest absolute Gasteiger partial charge is 0.241 e. The number of thiophene rings is 1. The number of hydrogen-bond acceptors (Lipinski definition) is 4. The summed E-state index contributed by atoms with van der Waals surface area (Å²) in [6, 6.07) is 1.61. The molecule has 0 radical (unpaired) electrons. The lowest BCUT2D eigenvalue weighted by Gasteiger charge is -2.07. The van der Waals surface area contributed by atoms with Gasteiger partial charge >= 0.3 is 0 Å². The summed E-state index contributed by atoms with van der Waals surface area (Å²) >= 11 is 1.38. The molecule has 0 aliphatic carbocycles. The van der Waals surface area contributed by atoms with Crippen LogP contribution in [0.3, 0.4) is 0 Å². The fraction of sp³-hybridized carbons (Fsp3) is 0.667. The molecule has 18 heavy (non-hydrogen) atoms. The molecule has 0 amide bonds. The quantitative estimate of drug-likeness (QED) is 0.722. The summed E-state index contributed by atoms with van der Waals surface area (Å²) in [5, 5.41) is 1.76. The summed E-state index contributed by atoms with van der Waals surface area (Å²) in [7, 11) is -3.38. The summed E-state index contributed by atoms with van der Waals surface area (Å²) in [4.78, 5) is 1.04. The van der Waals surface area contributed by atoms with Crippen molar-refractivity contribution in [3.05, 3.63) is 16.3 Å². The van der Waals surface area contributed by atoms with Gasteiger partial charge in [0.15, 0.2) is 0 Å². The lowest BCUT2D eigenvalue weighted by molar-refractivity contribution is 0.530. The molecule has 0 aromatic carbocycles. The molecule has 0 saturated carbocycles. The number of nitrogens with two attached hydrogens (primary N) is 1. The van der Waals surface area contributed by atoms with Crippen molar-refractivity contribution in [1.82, 2.24) is 4.72 Å². The van der Waals surface area contributed by atoms with E-state index in [-0.39, 0.29) is 6.54 Å². The van der Waals surface area contributed by atoms with Crippen molar-refractivity contribution in [1.29, 1.82) is 0 Å². The second kappa shape index (κ2) is 7.23. The molecule has 0 aliphatic rings. The van der Waals surface area contributed by atoms with Gasteiger partial charge in [0.1, 0.15) is 0 Å². The Hall–Kier alpha value is -0.430. The first-order valence-electron chi connectivity index (χ1n) is 6.23. The Morgan fingerprint density at radius 3 is 2.72 bits per heavy atom. The van der Waals surface area contributed by atoms with Crippen LogP contribution < -0.4 is 10.5 Å². The molecule has 1 rings (SSSR count). The Bertz CT molecular complexity index is 452. The topological polar surface area (TPSA) is 72.2 Å². The standard InChI is InChI=1S/C12H22N2O2S2/c1-10(2)5-3-4-7-14-18(15,16)12-6-8-17-11(12)9-13/h6,8,10,14H,3-5,7,9,13H2,1-2H3. The number of nitrogens with one attached hydrogen (secondary N) is 1. The van der Waals surface area contributed by atoms with Gasteiger partial charge in [-0.1, -0.05) is 26.7 Å². The average molecular weight is 290 g/mol.